The normalized spacial score (nSPS) is 25.2. The highest BCUT2D eigenvalue weighted by Crippen LogP contribution is 2.26. The zero-order valence-corrected chi connectivity index (χ0v) is 11.6. The number of benzene rings is 1. The van der Waals surface area contributed by atoms with Gasteiger partial charge in [-0.25, -0.2) is 0 Å². The van der Waals surface area contributed by atoms with Crippen molar-refractivity contribution in [1.82, 2.24) is 5.32 Å². The predicted octanol–water partition coefficient (Wildman–Crippen LogP) is 3.67. The summed E-state index contributed by atoms with van der Waals surface area (Å²) in [7, 11) is 0. The molecule has 0 aromatic heterocycles. The molecule has 0 aliphatic carbocycles. The fraction of sp³-hybridized carbons (Fsp3) is 0.625. The second-order valence-electron chi connectivity index (χ2n) is 6.71. The molecule has 1 N–H and O–H groups in total. The quantitative estimate of drug-likeness (QED) is 0.819. The maximum Gasteiger partial charge on any atom is 0.0194 e. The van der Waals surface area contributed by atoms with E-state index < -0.39 is 0 Å². The van der Waals surface area contributed by atoms with Crippen LogP contribution in [0.5, 0.6) is 0 Å². The molecule has 2 rings (SSSR count). The van der Waals surface area contributed by atoms with Crippen LogP contribution in [0.2, 0.25) is 0 Å². The topological polar surface area (TPSA) is 12.0 Å². The SMILES string of the molecule is CC(C)(C)c1ccc(C[C@@]2(C)CCCN2)cc1. The Morgan fingerprint density at radius 1 is 1.18 bits per heavy atom. The maximum absolute atomic E-state index is 3.63. The van der Waals surface area contributed by atoms with Gasteiger partial charge in [-0.05, 0) is 49.3 Å². The molecule has 1 nitrogen and oxygen atoms in total. The molecular weight excluding hydrogens is 206 g/mol. The second kappa shape index (κ2) is 4.45. The number of hydrogen-bond acceptors (Lipinski definition) is 1. The van der Waals surface area contributed by atoms with Crippen LogP contribution < -0.4 is 5.32 Å². The van der Waals surface area contributed by atoms with Crippen molar-refractivity contribution in [2.24, 2.45) is 0 Å². The lowest BCUT2D eigenvalue weighted by Gasteiger charge is -2.25. The molecule has 1 aromatic rings. The van der Waals surface area contributed by atoms with Gasteiger partial charge in [0, 0.05) is 5.54 Å². The molecule has 0 unspecified atom stereocenters. The molecule has 0 saturated carbocycles. The second-order valence-corrected chi connectivity index (χ2v) is 6.71. The van der Waals surface area contributed by atoms with Gasteiger partial charge < -0.3 is 5.32 Å². The molecule has 1 fully saturated rings. The van der Waals surface area contributed by atoms with Crippen LogP contribution in [-0.4, -0.2) is 12.1 Å². The summed E-state index contributed by atoms with van der Waals surface area (Å²) in [5, 5.41) is 3.63. The van der Waals surface area contributed by atoms with E-state index in [0.29, 0.717) is 5.54 Å². The van der Waals surface area contributed by atoms with Gasteiger partial charge in [0.25, 0.3) is 0 Å². The molecule has 1 aliphatic rings. The van der Waals surface area contributed by atoms with Crippen LogP contribution >= 0.6 is 0 Å². The molecule has 0 amide bonds. The fourth-order valence-electron chi connectivity index (χ4n) is 2.68. The Morgan fingerprint density at radius 3 is 2.29 bits per heavy atom. The molecule has 0 spiro atoms. The third-order valence-electron chi connectivity index (χ3n) is 3.87. The summed E-state index contributed by atoms with van der Waals surface area (Å²) in [4.78, 5) is 0. The minimum absolute atomic E-state index is 0.258. The fourth-order valence-corrected chi connectivity index (χ4v) is 2.68. The molecule has 1 heterocycles. The van der Waals surface area contributed by atoms with E-state index in [2.05, 4.69) is 57.3 Å². The van der Waals surface area contributed by atoms with Crippen LogP contribution in [-0.2, 0) is 11.8 Å². The molecule has 17 heavy (non-hydrogen) atoms. The summed E-state index contributed by atoms with van der Waals surface area (Å²) in [5.74, 6) is 0. The first-order chi connectivity index (χ1) is 7.89. The Morgan fingerprint density at radius 2 is 1.82 bits per heavy atom. The van der Waals surface area contributed by atoms with E-state index in [1.54, 1.807) is 0 Å². The van der Waals surface area contributed by atoms with Crippen molar-refractivity contribution in [2.75, 3.05) is 6.54 Å². The maximum atomic E-state index is 3.63. The monoisotopic (exact) mass is 231 g/mol. The molecule has 1 saturated heterocycles. The largest absolute Gasteiger partial charge is 0.311 e. The van der Waals surface area contributed by atoms with Crippen molar-refractivity contribution < 1.29 is 0 Å². The molecule has 0 radical (unpaired) electrons. The van der Waals surface area contributed by atoms with Gasteiger partial charge in [0.15, 0.2) is 0 Å². The van der Waals surface area contributed by atoms with Gasteiger partial charge in [-0.15, -0.1) is 0 Å². The predicted molar refractivity (Wildman–Crippen MR) is 74.5 cm³/mol. The van der Waals surface area contributed by atoms with E-state index in [1.807, 2.05) is 0 Å². The molecule has 94 valence electrons. The van der Waals surface area contributed by atoms with E-state index >= 15 is 0 Å². The molecular formula is C16H25N. The first-order valence-electron chi connectivity index (χ1n) is 6.74. The van der Waals surface area contributed by atoms with E-state index in [1.165, 1.54) is 30.5 Å². The van der Waals surface area contributed by atoms with Crippen LogP contribution in [0, 0.1) is 0 Å². The summed E-state index contributed by atoms with van der Waals surface area (Å²) < 4.78 is 0. The van der Waals surface area contributed by atoms with Gasteiger partial charge in [0.2, 0.25) is 0 Å². The van der Waals surface area contributed by atoms with Crippen molar-refractivity contribution in [3.63, 3.8) is 0 Å². The standard InChI is InChI=1S/C16H25N/c1-15(2,3)14-8-6-13(7-9-14)12-16(4)10-5-11-17-16/h6-9,17H,5,10-12H2,1-4H3/t16-/m1/s1. The van der Waals surface area contributed by atoms with Crippen molar-refractivity contribution in [3.05, 3.63) is 35.4 Å². The number of rotatable bonds is 2. The molecule has 1 aromatic carbocycles. The highest BCUT2D eigenvalue weighted by molar-refractivity contribution is 5.28. The van der Waals surface area contributed by atoms with Gasteiger partial charge in [-0.3, -0.25) is 0 Å². The molecule has 0 bridgehead atoms. The van der Waals surface area contributed by atoms with Gasteiger partial charge >= 0.3 is 0 Å². The lowest BCUT2D eigenvalue weighted by molar-refractivity contribution is 0.412. The number of nitrogens with one attached hydrogen (secondary N) is 1. The average molecular weight is 231 g/mol. The van der Waals surface area contributed by atoms with Crippen molar-refractivity contribution in [1.29, 1.82) is 0 Å². The van der Waals surface area contributed by atoms with Crippen LogP contribution in [0.25, 0.3) is 0 Å². The minimum Gasteiger partial charge on any atom is -0.311 e. The first kappa shape index (κ1) is 12.6. The Labute approximate surface area is 106 Å². The van der Waals surface area contributed by atoms with E-state index in [0.717, 1.165) is 6.42 Å². The Balaban J connectivity index is 2.08. The van der Waals surface area contributed by atoms with Gasteiger partial charge in [-0.1, -0.05) is 45.0 Å². The van der Waals surface area contributed by atoms with E-state index in [9.17, 15) is 0 Å². The zero-order valence-electron chi connectivity index (χ0n) is 11.6. The van der Waals surface area contributed by atoms with Crippen LogP contribution in [0.15, 0.2) is 24.3 Å². The lowest BCUT2D eigenvalue weighted by atomic mass is 9.85. The van der Waals surface area contributed by atoms with Gasteiger partial charge in [-0.2, -0.15) is 0 Å². The molecule has 1 aliphatic heterocycles. The Kier molecular flexibility index (Phi) is 3.31. The zero-order chi connectivity index (χ0) is 12.5. The first-order valence-corrected chi connectivity index (χ1v) is 6.74. The Bertz CT molecular complexity index is 364. The smallest absolute Gasteiger partial charge is 0.0194 e. The van der Waals surface area contributed by atoms with Gasteiger partial charge in [0.1, 0.15) is 0 Å². The van der Waals surface area contributed by atoms with Crippen LogP contribution in [0.3, 0.4) is 0 Å². The summed E-state index contributed by atoms with van der Waals surface area (Å²) in [6, 6.07) is 9.17. The lowest BCUT2D eigenvalue weighted by Crippen LogP contribution is -2.38. The van der Waals surface area contributed by atoms with Crippen molar-refractivity contribution in [3.8, 4) is 0 Å². The van der Waals surface area contributed by atoms with Gasteiger partial charge in [0.05, 0.1) is 0 Å². The highest BCUT2D eigenvalue weighted by atomic mass is 15.0. The Hall–Kier alpha value is -0.820. The molecule has 1 heteroatoms. The summed E-state index contributed by atoms with van der Waals surface area (Å²) in [6.45, 7) is 10.3. The number of hydrogen-bond donors (Lipinski definition) is 1. The van der Waals surface area contributed by atoms with Crippen molar-refractivity contribution in [2.45, 2.75) is 57.9 Å². The third kappa shape index (κ3) is 3.10. The summed E-state index contributed by atoms with van der Waals surface area (Å²) in [6.07, 6.45) is 3.77. The highest BCUT2D eigenvalue weighted by Gasteiger charge is 2.27. The minimum atomic E-state index is 0.258. The summed E-state index contributed by atoms with van der Waals surface area (Å²) >= 11 is 0. The van der Waals surface area contributed by atoms with Crippen LogP contribution in [0.4, 0.5) is 0 Å². The third-order valence-corrected chi connectivity index (χ3v) is 3.87. The average Bonchev–Trinajstić information content (AvgIpc) is 2.64. The van der Waals surface area contributed by atoms with Crippen molar-refractivity contribution >= 4 is 0 Å². The van der Waals surface area contributed by atoms with Crippen LogP contribution in [0.1, 0.15) is 51.7 Å². The summed E-state index contributed by atoms with van der Waals surface area (Å²) in [5.41, 5.74) is 3.46. The van der Waals surface area contributed by atoms with E-state index in [-0.39, 0.29) is 5.41 Å². The van der Waals surface area contributed by atoms with E-state index in [4.69, 9.17) is 0 Å². The molecule has 1 atom stereocenters.